The third kappa shape index (κ3) is 4.84. The number of carbonyl (C=O) groups excluding carboxylic acids is 3. The Kier molecular flexibility index (Phi) is 6.50. The Balaban J connectivity index is 1.55. The third-order valence-electron chi connectivity index (χ3n) is 5.69. The highest BCUT2D eigenvalue weighted by Gasteiger charge is 2.30. The molecule has 30 heavy (non-hydrogen) atoms. The molecule has 3 rings (SSSR count). The molecule has 0 aliphatic carbocycles. The molecule has 162 valence electrons. The minimum absolute atomic E-state index is 0.124. The number of likely N-dealkylation sites (tertiary alicyclic amines) is 1. The summed E-state index contributed by atoms with van der Waals surface area (Å²) in [5.41, 5.74) is 1.72. The second kappa shape index (κ2) is 8.91. The molecule has 2 aliphatic heterocycles. The van der Waals surface area contributed by atoms with Gasteiger partial charge in [-0.1, -0.05) is 11.6 Å². The molecule has 0 aromatic heterocycles. The Morgan fingerprint density at radius 1 is 1.20 bits per heavy atom. The van der Waals surface area contributed by atoms with Crippen molar-refractivity contribution in [1.29, 1.82) is 0 Å². The van der Waals surface area contributed by atoms with E-state index in [1.54, 1.807) is 17.0 Å². The summed E-state index contributed by atoms with van der Waals surface area (Å²) in [6.07, 6.45) is 0.392. The van der Waals surface area contributed by atoms with Gasteiger partial charge in [-0.2, -0.15) is 0 Å². The number of anilines is 1. The maximum absolute atomic E-state index is 12.7. The molecule has 0 saturated carbocycles. The van der Waals surface area contributed by atoms with E-state index in [9.17, 15) is 19.2 Å². The Bertz CT molecular complexity index is 882. The van der Waals surface area contributed by atoms with Gasteiger partial charge in [-0.15, -0.1) is 0 Å². The van der Waals surface area contributed by atoms with Crippen molar-refractivity contribution >= 4 is 41.1 Å². The molecule has 1 aromatic carbocycles. The molecule has 1 saturated heterocycles. The van der Waals surface area contributed by atoms with Crippen LogP contribution in [0.3, 0.4) is 0 Å². The van der Waals surface area contributed by atoms with Crippen molar-refractivity contribution in [3.63, 3.8) is 0 Å². The summed E-state index contributed by atoms with van der Waals surface area (Å²) < 4.78 is 0. The fraction of sp³-hybridized carbons (Fsp3) is 0.500. The van der Waals surface area contributed by atoms with Gasteiger partial charge in [0.25, 0.3) is 5.91 Å². The first-order valence-electron chi connectivity index (χ1n) is 9.87. The summed E-state index contributed by atoms with van der Waals surface area (Å²) in [5, 5.41) is 16.9. The van der Waals surface area contributed by atoms with Gasteiger partial charge in [-0.05, 0) is 50.3 Å². The van der Waals surface area contributed by atoms with Gasteiger partial charge in [-0.3, -0.25) is 14.4 Å². The van der Waals surface area contributed by atoms with Crippen molar-refractivity contribution in [2.24, 2.45) is 5.92 Å². The van der Waals surface area contributed by atoms with Crippen molar-refractivity contribution in [2.75, 3.05) is 18.4 Å². The first-order chi connectivity index (χ1) is 14.2. The molecule has 1 aromatic rings. The van der Waals surface area contributed by atoms with Crippen LogP contribution in [0.15, 0.2) is 12.1 Å². The van der Waals surface area contributed by atoms with E-state index in [0.29, 0.717) is 37.2 Å². The number of hydrogen-bond acceptors (Lipinski definition) is 4. The zero-order chi connectivity index (χ0) is 22.0. The summed E-state index contributed by atoms with van der Waals surface area (Å²) in [6, 6.07) is 2.32. The number of benzene rings is 1. The highest BCUT2D eigenvalue weighted by molar-refractivity contribution is 6.34. The molecule has 0 spiro atoms. The average Bonchev–Trinajstić information content (AvgIpc) is 3.04. The lowest BCUT2D eigenvalue weighted by Crippen LogP contribution is -2.51. The number of halogens is 1. The molecular formula is C20H25ClN4O5. The van der Waals surface area contributed by atoms with E-state index in [-0.39, 0.29) is 41.1 Å². The summed E-state index contributed by atoms with van der Waals surface area (Å²) in [7, 11) is 0. The molecule has 10 heteroatoms. The van der Waals surface area contributed by atoms with Crippen LogP contribution >= 0.6 is 11.6 Å². The zero-order valence-corrected chi connectivity index (χ0v) is 17.6. The second-order valence-corrected chi connectivity index (χ2v) is 8.22. The number of carboxylic acid groups (broad SMARTS) is 1. The maximum Gasteiger partial charge on any atom is 0.405 e. The van der Waals surface area contributed by atoms with Crippen molar-refractivity contribution in [1.82, 2.24) is 15.5 Å². The monoisotopic (exact) mass is 436 g/mol. The first kappa shape index (κ1) is 21.9. The third-order valence-corrected chi connectivity index (χ3v) is 6.00. The number of hydrogen-bond donors (Lipinski definition) is 4. The van der Waals surface area contributed by atoms with Crippen LogP contribution in [0.4, 0.5) is 10.5 Å². The van der Waals surface area contributed by atoms with Crippen LogP contribution in [-0.2, 0) is 16.0 Å². The Hall–Kier alpha value is -2.81. The normalized spacial score (nSPS) is 18.2. The van der Waals surface area contributed by atoms with Gasteiger partial charge >= 0.3 is 6.09 Å². The molecule has 2 unspecified atom stereocenters. The van der Waals surface area contributed by atoms with Crippen LogP contribution in [0.2, 0.25) is 5.02 Å². The number of nitrogens with one attached hydrogen (secondary N) is 3. The lowest BCUT2D eigenvalue weighted by atomic mass is 9.90. The quantitative estimate of drug-likeness (QED) is 0.560. The van der Waals surface area contributed by atoms with Gasteiger partial charge in [0.15, 0.2) is 0 Å². The molecule has 2 heterocycles. The van der Waals surface area contributed by atoms with Gasteiger partial charge in [0.1, 0.15) is 6.04 Å². The smallest absolute Gasteiger partial charge is 0.405 e. The van der Waals surface area contributed by atoms with Crippen LogP contribution in [0, 0.1) is 5.92 Å². The number of carbonyl (C=O) groups is 4. The summed E-state index contributed by atoms with van der Waals surface area (Å²) in [5.74, 6) is -0.494. The highest BCUT2D eigenvalue weighted by Crippen LogP contribution is 2.30. The highest BCUT2D eigenvalue weighted by atomic mass is 35.5. The predicted octanol–water partition coefficient (Wildman–Crippen LogP) is 1.85. The summed E-state index contributed by atoms with van der Waals surface area (Å²) in [4.78, 5) is 48.9. The molecule has 0 radical (unpaired) electrons. The van der Waals surface area contributed by atoms with E-state index in [0.717, 1.165) is 5.56 Å². The van der Waals surface area contributed by atoms with Crippen LogP contribution in [0.1, 0.15) is 42.6 Å². The largest absolute Gasteiger partial charge is 0.465 e. The fourth-order valence-corrected chi connectivity index (χ4v) is 4.21. The van der Waals surface area contributed by atoms with Crippen LogP contribution in [0.25, 0.3) is 0 Å². The van der Waals surface area contributed by atoms with E-state index in [1.165, 1.54) is 6.92 Å². The average molecular weight is 437 g/mol. The Morgan fingerprint density at radius 3 is 2.50 bits per heavy atom. The number of piperidine rings is 1. The van der Waals surface area contributed by atoms with Crippen molar-refractivity contribution < 1.29 is 24.3 Å². The van der Waals surface area contributed by atoms with Crippen LogP contribution in [-0.4, -0.2) is 59.0 Å². The molecule has 4 N–H and O–H groups in total. The SMILES string of the molecule is CC(NC(=O)O)C(=O)N1CCC(C(C)NC(=O)c2cc3c(cc2Cl)NC(=O)C3)CC1. The number of nitrogens with zero attached hydrogens (tertiary/aromatic N) is 1. The number of fused-ring (bicyclic) bond motifs is 1. The van der Waals surface area contributed by atoms with E-state index in [4.69, 9.17) is 16.7 Å². The van der Waals surface area contributed by atoms with Crippen molar-refractivity contribution in [3.8, 4) is 0 Å². The first-order valence-corrected chi connectivity index (χ1v) is 10.2. The lowest BCUT2D eigenvalue weighted by Gasteiger charge is -2.36. The maximum atomic E-state index is 12.7. The summed E-state index contributed by atoms with van der Waals surface area (Å²) in [6.45, 7) is 4.45. The minimum Gasteiger partial charge on any atom is -0.465 e. The molecule has 1 fully saturated rings. The van der Waals surface area contributed by atoms with E-state index in [2.05, 4.69) is 16.0 Å². The molecule has 2 atom stereocenters. The molecular weight excluding hydrogens is 412 g/mol. The standard InChI is InChI=1S/C20H25ClN4O5/c1-10(12-3-5-25(6-4-12)19(28)11(2)23-20(29)30)22-18(27)14-7-13-8-17(26)24-16(13)9-15(14)21/h7,9-12,23H,3-6,8H2,1-2H3,(H,22,27)(H,24,26)(H,29,30). The van der Waals surface area contributed by atoms with Gasteiger partial charge in [0, 0.05) is 24.8 Å². The van der Waals surface area contributed by atoms with Crippen molar-refractivity contribution in [3.05, 3.63) is 28.3 Å². The fourth-order valence-electron chi connectivity index (χ4n) is 3.97. The summed E-state index contributed by atoms with van der Waals surface area (Å²) >= 11 is 6.24. The minimum atomic E-state index is -1.23. The van der Waals surface area contributed by atoms with Gasteiger partial charge in [-0.25, -0.2) is 4.79 Å². The predicted molar refractivity (Wildman–Crippen MR) is 111 cm³/mol. The topological polar surface area (TPSA) is 128 Å². The van der Waals surface area contributed by atoms with Crippen LogP contribution < -0.4 is 16.0 Å². The second-order valence-electron chi connectivity index (χ2n) is 7.81. The lowest BCUT2D eigenvalue weighted by molar-refractivity contribution is -0.134. The van der Waals surface area contributed by atoms with E-state index in [1.807, 2.05) is 6.92 Å². The molecule has 0 bridgehead atoms. The number of rotatable bonds is 5. The van der Waals surface area contributed by atoms with E-state index < -0.39 is 12.1 Å². The zero-order valence-electron chi connectivity index (χ0n) is 16.8. The molecule has 9 nitrogen and oxygen atoms in total. The number of amides is 4. The molecule has 2 aliphatic rings. The van der Waals surface area contributed by atoms with Gasteiger partial charge in [0.2, 0.25) is 11.8 Å². The van der Waals surface area contributed by atoms with E-state index >= 15 is 0 Å². The Labute approximate surface area is 179 Å². The van der Waals surface area contributed by atoms with Gasteiger partial charge in [0.05, 0.1) is 17.0 Å². The van der Waals surface area contributed by atoms with Gasteiger partial charge < -0.3 is 26.0 Å². The van der Waals surface area contributed by atoms with Crippen LogP contribution in [0.5, 0.6) is 0 Å². The Morgan fingerprint density at radius 2 is 1.87 bits per heavy atom. The molecule has 4 amide bonds. The van der Waals surface area contributed by atoms with Crippen molar-refractivity contribution in [2.45, 2.75) is 45.2 Å².